The first kappa shape index (κ1) is 15.8. The Morgan fingerprint density at radius 3 is 3.04 bits per heavy atom. The number of amides is 1. The minimum atomic E-state index is -0.686. The predicted molar refractivity (Wildman–Crippen MR) is 91.2 cm³/mol. The molecule has 130 valence electrons. The summed E-state index contributed by atoms with van der Waals surface area (Å²) in [5.41, 5.74) is 0.979. The Labute approximate surface area is 144 Å². The van der Waals surface area contributed by atoms with Crippen LogP contribution in [0.1, 0.15) is 31.4 Å². The molecule has 1 saturated carbocycles. The van der Waals surface area contributed by atoms with Gasteiger partial charge in [-0.3, -0.25) is 4.79 Å². The second-order valence-electron chi connectivity index (χ2n) is 7.04. The Balaban J connectivity index is 1.25. The monoisotopic (exact) mass is 351 g/mol. The van der Waals surface area contributed by atoms with Crippen molar-refractivity contribution in [1.29, 1.82) is 0 Å². The van der Waals surface area contributed by atoms with Gasteiger partial charge in [0, 0.05) is 26.1 Å². The van der Waals surface area contributed by atoms with Gasteiger partial charge in [0.25, 0.3) is 0 Å². The molecule has 1 aliphatic carbocycles. The molecule has 0 bridgehead atoms. The van der Waals surface area contributed by atoms with Crippen LogP contribution in [-0.2, 0) is 4.79 Å². The Hall–Kier alpha value is -1.70. The minimum Gasteiger partial charge on any atom is -0.356 e. The third-order valence-corrected chi connectivity index (χ3v) is 5.93. The molecule has 2 fully saturated rings. The SMILES string of the molecule is Cc1cn2nc(N3CCC(CNC(=O)CC4CC(F)C4)C3)sc2n1. The first-order valence-corrected chi connectivity index (χ1v) is 9.37. The van der Waals surface area contributed by atoms with Gasteiger partial charge in [0.2, 0.25) is 16.0 Å². The molecule has 2 aliphatic rings. The van der Waals surface area contributed by atoms with Gasteiger partial charge in [0.15, 0.2) is 0 Å². The van der Waals surface area contributed by atoms with E-state index in [0.29, 0.717) is 31.7 Å². The van der Waals surface area contributed by atoms with Crippen LogP contribution in [0.4, 0.5) is 9.52 Å². The van der Waals surface area contributed by atoms with Crippen LogP contribution in [0.3, 0.4) is 0 Å². The summed E-state index contributed by atoms with van der Waals surface area (Å²) in [7, 11) is 0. The predicted octanol–water partition coefficient (Wildman–Crippen LogP) is 2.18. The van der Waals surface area contributed by atoms with Crippen molar-refractivity contribution in [1.82, 2.24) is 19.9 Å². The number of carbonyl (C=O) groups excluding carboxylic acids is 1. The minimum absolute atomic E-state index is 0.0635. The molecule has 1 unspecified atom stereocenters. The number of halogens is 1. The zero-order valence-electron chi connectivity index (χ0n) is 13.7. The van der Waals surface area contributed by atoms with Gasteiger partial charge < -0.3 is 10.2 Å². The standard InChI is InChI=1S/C16H22FN5OS/c1-10-8-22-15(19-10)24-16(20-22)21-3-2-11(9-21)7-18-14(23)6-12-4-13(17)5-12/h8,11-13H,2-7,9H2,1H3,(H,18,23). The zero-order valence-corrected chi connectivity index (χ0v) is 14.6. The quantitative estimate of drug-likeness (QED) is 0.897. The van der Waals surface area contributed by atoms with Crippen LogP contribution < -0.4 is 10.2 Å². The highest BCUT2D eigenvalue weighted by molar-refractivity contribution is 7.20. The topological polar surface area (TPSA) is 62.5 Å². The van der Waals surface area contributed by atoms with Crippen molar-refractivity contribution >= 4 is 27.3 Å². The highest BCUT2D eigenvalue weighted by Gasteiger charge is 2.31. The van der Waals surface area contributed by atoms with E-state index in [4.69, 9.17) is 0 Å². The number of alkyl halides is 1. The van der Waals surface area contributed by atoms with E-state index in [1.807, 2.05) is 17.6 Å². The number of imidazole rings is 1. The number of hydrogen-bond acceptors (Lipinski definition) is 5. The van der Waals surface area contributed by atoms with Crippen molar-refractivity contribution in [2.24, 2.45) is 11.8 Å². The van der Waals surface area contributed by atoms with Gasteiger partial charge in [-0.25, -0.2) is 13.9 Å². The molecular formula is C16H22FN5OS. The molecule has 2 aromatic heterocycles. The van der Waals surface area contributed by atoms with Crippen molar-refractivity contribution in [2.45, 2.75) is 38.8 Å². The number of fused-ring (bicyclic) bond motifs is 1. The van der Waals surface area contributed by atoms with Crippen LogP contribution in [0.2, 0.25) is 0 Å². The van der Waals surface area contributed by atoms with Crippen LogP contribution in [0.15, 0.2) is 6.20 Å². The molecule has 0 spiro atoms. The summed E-state index contributed by atoms with van der Waals surface area (Å²) in [6.45, 7) is 4.53. The van der Waals surface area contributed by atoms with Crippen molar-refractivity contribution < 1.29 is 9.18 Å². The summed E-state index contributed by atoms with van der Waals surface area (Å²) in [5, 5.41) is 8.60. The van der Waals surface area contributed by atoms with Gasteiger partial charge in [-0.1, -0.05) is 11.3 Å². The second-order valence-corrected chi connectivity index (χ2v) is 7.97. The van der Waals surface area contributed by atoms with E-state index in [1.54, 1.807) is 11.3 Å². The number of hydrogen-bond donors (Lipinski definition) is 1. The van der Waals surface area contributed by atoms with Gasteiger partial charge in [-0.05, 0) is 38.0 Å². The van der Waals surface area contributed by atoms with Crippen molar-refractivity contribution in [3.05, 3.63) is 11.9 Å². The molecule has 8 heteroatoms. The van der Waals surface area contributed by atoms with E-state index in [-0.39, 0.29) is 11.8 Å². The lowest BCUT2D eigenvalue weighted by atomic mass is 9.81. The fourth-order valence-electron chi connectivity index (χ4n) is 3.51. The summed E-state index contributed by atoms with van der Waals surface area (Å²) < 4.78 is 14.6. The van der Waals surface area contributed by atoms with Crippen LogP contribution >= 0.6 is 11.3 Å². The fourth-order valence-corrected chi connectivity index (χ4v) is 4.48. The highest BCUT2D eigenvalue weighted by Crippen LogP contribution is 2.32. The number of anilines is 1. The highest BCUT2D eigenvalue weighted by atomic mass is 32.1. The van der Waals surface area contributed by atoms with Gasteiger partial charge in [-0.15, -0.1) is 5.10 Å². The smallest absolute Gasteiger partial charge is 0.220 e. The Kier molecular flexibility index (Phi) is 4.15. The Bertz CT molecular complexity index is 706. The van der Waals surface area contributed by atoms with E-state index in [9.17, 15) is 9.18 Å². The molecule has 1 amide bonds. The first-order valence-electron chi connectivity index (χ1n) is 8.55. The first-order chi connectivity index (χ1) is 11.6. The summed E-state index contributed by atoms with van der Waals surface area (Å²) in [5.74, 6) is 0.755. The lowest BCUT2D eigenvalue weighted by Crippen LogP contribution is -2.35. The summed E-state index contributed by atoms with van der Waals surface area (Å²) in [6, 6.07) is 0. The summed E-state index contributed by atoms with van der Waals surface area (Å²) in [4.78, 5) is 19.5. The van der Waals surface area contributed by atoms with Crippen LogP contribution in [-0.4, -0.2) is 46.3 Å². The fraction of sp³-hybridized carbons (Fsp3) is 0.688. The molecular weight excluding hydrogens is 329 g/mol. The summed E-state index contributed by atoms with van der Waals surface area (Å²) in [6.07, 6.45) is 3.88. The maximum Gasteiger partial charge on any atom is 0.220 e. The van der Waals surface area contributed by atoms with Crippen molar-refractivity contribution in [3.63, 3.8) is 0 Å². The lowest BCUT2D eigenvalue weighted by molar-refractivity contribution is -0.123. The molecule has 1 aliphatic heterocycles. The van der Waals surface area contributed by atoms with Gasteiger partial charge in [-0.2, -0.15) is 0 Å². The molecule has 1 atom stereocenters. The zero-order chi connectivity index (χ0) is 16.7. The molecule has 1 N–H and O–H groups in total. The number of nitrogens with one attached hydrogen (secondary N) is 1. The van der Waals surface area contributed by atoms with E-state index in [2.05, 4.69) is 20.3 Å². The molecule has 0 radical (unpaired) electrons. The van der Waals surface area contributed by atoms with E-state index < -0.39 is 6.17 Å². The average Bonchev–Trinajstić information content (AvgIpc) is 3.17. The van der Waals surface area contributed by atoms with E-state index in [0.717, 1.165) is 35.3 Å². The average molecular weight is 351 g/mol. The largest absolute Gasteiger partial charge is 0.356 e. The molecule has 1 saturated heterocycles. The molecule has 24 heavy (non-hydrogen) atoms. The maximum atomic E-state index is 12.8. The molecule has 0 aromatic carbocycles. The lowest BCUT2D eigenvalue weighted by Gasteiger charge is -2.29. The van der Waals surface area contributed by atoms with Crippen LogP contribution in [0.5, 0.6) is 0 Å². The molecule has 3 heterocycles. The number of rotatable bonds is 5. The molecule has 6 nitrogen and oxygen atoms in total. The number of nitrogens with zero attached hydrogens (tertiary/aromatic N) is 4. The maximum absolute atomic E-state index is 12.8. The van der Waals surface area contributed by atoms with Gasteiger partial charge >= 0.3 is 0 Å². The van der Waals surface area contributed by atoms with Gasteiger partial charge in [0.1, 0.15) is 6.17 Å². The number of carbonyl (C=O) groups is 1. The van der Waals surface area contributed by atoms with Gasteiger partial charge in [0.05, 0.1) is 11.9 Å². The van der Waals surface area contributed by atoms with Crippen LogP contribution in [0, 0.1) is 18.8 Å². The van der Waals surface area contributed by atoms with E-state index >= 15 is 0 Å². The van der Waals surface area contributed by atoms with E-state index in [1.165, 1.54) is 0 Å². The Morgan fingerprint density at radius 1 is 1.46 bits per heavy atom. The third-order valence-electron chi connectivity index (χ3n) is 4.95. The third kappa shape index (κ3) is 3.24. The Morgan fingerprint density at radius 2 is 2.29 bits per heavy atom. The normalized spacial score (nSPS) is 26.8. The molecule has 2 aromatic rings. The molecule has 4 rings (SSSR count). The van der Waals surface area contributed by atoms with Crippen molar-refractivity contribution in [2.75, 3.05) is 24.5 Å². The summed E-state index contributed by atoms with van der Waals surface area (Å²) >= 11 is 1.60. The second kappa shape index (κ2) is 6.31. The van der Waals surface area contributed by atoms with Crippen molar-refractivity contribution in [3.8, 4) is 0 Å². The number of aryl methyl sites for hydroxylation is 1. The number of aromatic nitrogens is 3. The van der Waals surface area contributed by atoms with Crippen LogP contribution in [0.25, 0.3) is 4.96 Å².